The standard InChI is InChI=1S/C18H21NO4S/c1-3-17(21)13-19(16-7-5-4-6-8-16)24(22,23)18-11-9-15(10-12-18)14(2)20/h4-12,17,21H,3,13H2,1-2H3/t17-/m0/s1. The summed E-state index contributed by atoms with van der Waals surface area (Å²) in [5, 5.41) is 9.97. The number of Topliss-reactive ketones (excluding diaryl/α,β-unsaturated/α-hetero) is 1. The fourth-order valence-electron chi connectivity index (χ4n) is 2.25. The third kappa shape index (κ3) is 4.01. The lowest BCUT2D eigenvalue weighted by atomic mass is 10.2. The van der Waals surface area contributed by atoms with Crippen molar-refractivity contribution >= 4 is 21.5 Å². The summed E-state index contributed by atoms with van der Waals surface area (Å²) in [4.78, 5) is 11.4. The Morgan fingerprint density at radius 1 is 1.08 bits per heavy atom. The molecule has 0 aliphatic heterocycles. The third-order valence-corrected chi connectivity index (χ3v) is 5.55. The normalized spacial score (nSPS) is 12.6. The van der Waals surface area contributed by atoms with Crippen molar-refractivity contribution in [3.05, 3.63) is 60.2 Å². The van der Waals surface area contributed by atoms with Crippen LogP contribution in [0, 0.1) is 0 Å². The molecule has 0 aliphatic carbocycles. The molecule has 2 aromatic carbocycles. The Hall–Kier alpha value is -2.18. The first-order valence-corrected chi connectivity index (χ1v) is 9.17. The van der Waals surface area contributed by atoms with E-state index in [4.69, 9.17) is 0 Å². The zero-order chi connectivity index (χ0) is 17.7. The smallest absolute Gasteiger partial charge is 0.264 e. The van der Waals surface area contributed by atoms with Gasteiger partial charge in [0.2, 0.25) is 0 Å². The van der Waals surface area contributed by atoms with Gasteiger partial charge < -0.3 is 5.11 Å². The largest absolute Gasteiger partial charge is 0.391 e. The van der Waals surface area contributed by atoms with E-state index in [1.165, 1.54) is 35.5 Å². The Morgan fingerprint density at radius 3 is 2.17 bits per heavy atom. The van der Waals surface area contributed by atoms with E-state index in [0.29, 0.717) is 17.7 Å². The molecular weight excluding hydrogens is 326 g/mol. The fraction of sp³-hybridized carbons (Fsp3) is 0.278. The van der Waals surface area contributed by atoms with Gasteiger partial charge in [0.25, 0.3) is 10.0 Å². The fourth-order valence-corrected chi connectivity index (χ4v) is 3.75. The predicted octanol–water partition coefficient (Wildman–Crippen LogP) is 2.86. The van der Waals surface area contributed by atoms with Crippen LogP contribution in [0.1, 0.15) is 30.6 Å². The van der Waals surface area contributed by atoms with Crippen LogP contribution in [0.25, 0.3) is 0 Å². The zero-order valence-corrected chi connectivity index (χ0v) is 14.5. The molecule has 0 unspecified atom stereocenters. The summed E-state index contributed by atoms with van der Waals surface area (Å²) in [5.74, 6) is -0.125. The Labute approximate surface area is 142 Å². The number of nitrogens with zero attached hydrogens (tertiary/aromatic N) is 1. The number of rotatable bonds is 7. The summed E-state index contributed by atoms with van der Waals surface area (Å²) >= 11 is 0. The Bertz CT molecular complexity index is 786. The van der Waals surface area contributed by atoms with E-state index in [-0.39, 0.29) is 17.2 Å². The topological polar surface area (TPSA) is 74.7 Å². The number of sulfonamides is 1. The van der Waals surface area contributed by atoms with Gasteiger partial charge in [0.05, 0.1) is 23.2 Å². The van der Waals surface area contributed by atoms with Crippen LogP contribution in [0.15, 0.2) is 59.5 Å². The number of carbonyl (C=O) groups excluding carboxylic acids is 1. The van der Waals surface area contributed by atoms with E-state index in [0.717, 1.165) is 0 Å². The van der Waals surface area contributed by atoms with Gasteiger partial charge in [0.1, 0.15) is 0 Å². The Kier molecular flexibility index (Phi) is 5.75. The van der Waals surface area contributed by atoms with Crippen LogP contribution in [0.4, 0.5) is 5.69 Å². The molecule has 0 heterocycles. The lowest BCUT2D eigenvalue weighted by molar-refractivity contribution is 0.101. The molecule has 2 rings (SSSR count). The minimum absolute atomic E-state index is 0.0304. The van der Waals surface area contributed by atoms with E-state index in [9.17, 15) is 18.3 Å². The highest BCUT2D eigenvalue weighted by Crippen LogP contribution is 2.24. The number of carbonyl (C=O) groups is 1. The van der Waals surface area contributed by atoms with Gasteiger partial charge in [-0.25, -0.2) is 8.42 Å². The summed E-state index contributed by atoms with van der Waals surface area (Å²) < 4.78 is 27.2. The molecule has 24 heavy (non-hydrogen) atoms. The molecule has 128 valence electrons. The number of para-hydroxylation sites is 1. The number of anilines is 1. The van der Waals surface area contributed by atoms with E-state index in [1.54, 1.807) is 37.3 Å². The van der Waals surface area contributed by atoms with Crippen LogP contribution in [-0.2, 0) is 10.0 Å². The van der Waals surface area contributed by atoms with Gasteiger partial charge in [-0.15, -0.1) is 0 Å². The molecule has 0 aliphatic rings. The molecule has 0 saturated heterocycles. The molecule has 0 amide bonds. The summed E-state index contributed by atoms with van der Waals surface area (Å²) in [6.45, 7) is 3.19. The maximum Gasteiger partial charge on any atom is 0.264 e. The molecule has 0 aromatic heterocycles. The van der Waals surface area contributed by atoms with Crippen LogP contribution >= 0.6 is 0 Å². The maximum absolute atomic E-state index is 13.0. The van der Waals surface area contributed by atoms with Crippen molar-refractivity contribution in [2.75, 3.05) is 10.8 Å². The molecule has 2 aromatic rings. The number of aliphatic hydroxyl groups is 1. The molecule has 5 nitrogen and oxygen atoms in total. The quantitative estimate of drug-likeness (QED) is 0.782. The number of hydrogen-bond acceptors (Lipinski definition) is 4. The maximum atomic E-state index is 13.0. The molecule has 0 radical (unpaired) electrons. The van der Waals surface area contributed by atoms with E-state index in [2.05, 4.69) is 0 Å². The number of benzene rings is 2. The van der Waals surface area contributed by atoms with Crippen molar-refractivity contribution in [1.82, 2.24) is 0 Å². The first kappa shape index (κ1) is 18.2. The summed E-state index contributed by atoms with van der Waals surface area (Å²) in [7, 11) is -3.84. The second-order valence-corrected chi connectivity index (χ2v) is 7.38. The van der Waals surface area contributed by atoms with Crippen molar-refractivity contribution in [3.8, 4) is 0 Å². The summed E-state index contributed by atoms with van der Waals surface area (Å²) in [6, 6.07) is 14.5. The van der Waals surface area contributed by atoms with Crippen LogP contribution in [-0.4, -0.2) is 32.0 Å². The van der Waals surface area contributed by atoms with Gasteiger partial charge in [-0.05, 0) is 37.6 Å². The third-order valence-electron chi connectivity index (χ3n) is 3.74. The summed E-state index contributed by atoms with van der Waals surface area (Å²) in [5.41, 5.74) is 0.939. The van der Waals surface area contributed by atoms with Gasteiger partial charge in [-0.3, -0.25) is 9.10 Å². The molecule has 1 atom stereocenters. The Morgan fingerprint density at radius 2 is 1.67 bits per heavy atom. The van der Waals surface area contributed by atoms with Crippen molar-refractivity contribution in [1.29, 1.82) is 0 Å². The highest BCUT2D eigenvalue weighted by molar-refractivity contribution is 7.92. The van der Waals surface area contributed by atoms with Crippen molar-refractivity contribution < 1.29 is 18.3 Å². The minimum Gasteiger partial charge on any atom is -0.391 e. The highest BCUT2D eigenvalue weighted by Gasteiger charge is 2.26. The zero-order valence-electron chi connectivity index (χ0n) is 13.7. The average Bonchev–Trinajstić information content (AvgIpc) is 2.60. The SMILES string of the molecule is CC[C@H](O)CN(c1ccccc1)S(=O)(=O)c1ccc(C(C)=O)cc1. The van der Waals surface area contributed by atoms with Crippen molar-refractivity contribution in [2.24, 2.45) is 0 Å². The second-order valence-electron chi connectivity index (χ2n) is 5.51. The lowest BCUT2D eigenvalue weighted by Gasteiger charge is -2.26. The molecular formula is C18H21NO4S. The van der Waals surface area contributed by atoms with Crippen LogP contribution in [0.2, 0.25) is 0 Å². The van der Waals surface area contributed by atoms with E-state index in [1.807, 2.05) is 0 Å². The van der Waals surface area contributed by atoms with Gasteiger partial charge in [-0.1, -0.05) is 37.3 Å². The van der Waals surface area contributed by atoms with Crippen LogP contribution in [0.3, 0.4) is 0 Å². The van der Waals surface area contributed by atoms with Gasteiger partial charge >= 0.3 is 0 Å². The predicted molar refractivity (Wildman–Crippen MR) is 93.7 cm³/mol. The molecule has 0 spiro atoms. The number of hydrogen-bond donors (Lipinski definition) is 1. The van der Waals surface area contributed by atoms with Crippen LogP contribution < -0.4 is 4.31 Å². The molecule has 0 fully saturated rings. The summed E-state index contributed by atoms with van der Waals surface area (Å²) in [6.07, 6.45) is -0.321. The lowest BCUT2D eigenvalue weighted by Crippen LogP contribution is -2.37. The second kappa shape index (κ2) is 7.59. The van der Waals surface area contributed by atoms with E-state index < -0.39 is 16.1 Å². The van der Waals surface area contributed by atoms with Crippen molar-refractivity contribution in [3.63, 3.8) is 0 Å². The molecule has 6 heteroatoms. The van der Waals surface area contributed by atoms with Crippen LogP contribution in [0.5, 0.6) is 0 Å². The minimum atomic E-state index is -3.84. The van der Waals surface area contributed by atoms with Gasteiger partial charge in [-0.2, -0.15) is 0 Å². The molecule has 1 N–H and O–H groups in total. The Balaban J connectivity index is 2.45. The number of aliphatic hydroxyl groups excluding tert-OH is 1. The monoisotopic (exact) mass is 347 g/mol. The van der Waals surface area contributed by atoms with Crippen molar-refractivity contribution in [2.45, 2.75) is 31.3 Å². The van der Waals surface area contributed by atoms with Gasteiger partial charge in [0, 0.05) is 5.56 Å². The first-order chi connectivity index (χ1) is 11.4. The number of ketones is 1. The molecule has 0 saturated carbocycles. The van der Waals surface area contributed by atoms with E-state index >= 15 is 0 Å². The molecule has 0 bridgehead atoms. The highest BCUT2D eigenvalue weighted by atomic mass is 32.2. The average molecular weight is 347 g/mol. The van der Waals surface area contributed by atoms with Gasteiger partial charge in [0.15, 0.2) is 5.78 Å². The first-order valence-electron chi connectivity index (χ1n) is 7.73.